The van der Waals surface area contributed by atoms with Gasteiger partial charge in [0.2, 0.25) is 0 Å². The van der Waals surface area contributed by atoms with Crippen molar-refractivity contribution in [2.24, 2.45) is 0 Å². The Balaban J connectivity index is 2.15. The lowest BCUT2D eigenvalue weighted by Crippen LogP contribution is -2.04. The number of ether oxygens (including phenoxy) is 1. The Hall–Kier alpha value is -1.53. The number of carboxylic acid groups (broad SMARTS) is 1. The Labute approximate surface area is 158 Å². The number of nitrogens with one attached hydrogen (secondary N) is 1. The van der Waals surface area contributed by atoms with Crippen LogP contribution in [-0.4, -0.2) is 17.7 Å². The van der Waals surface area contributed by atoms with Crippen LogP contribution in [0.15, 0.2) is 39.3 Å². The largest absolute Gasteiger partial charge is 0.491 e. The van der Waals surface area contributed by atoms with Crippen LogP contribution in [0.1, 0.15) is 34.8 Å². The van der Waals surface area contributed by atoms with Crippen molar-refractivity contribution in [2.45, 2.75) is 26.8 Å². The molecule has 0 amide bonds. The van der Waals surface area contributed by atoms with Gasteiger partial charge in [-0.1, -0.05) is 13.0 Å². The number of hydrogen-bond acceptors (Lipinski definition) is 3. The number of hydrogen-bond donors (Lipinski definition) is 2. The third-order valence-corrected chi connectivity index (χ3v) is 4.65. The molecule has 2 rings (SSSR count). The van der Waals surface area contributed by atoms with Gasteiger partial charge in [0.05, 0.1) is 21.1 Å². The van der Waals surface area contributed by atoms with Gasteiger partial charge < -0.3 is 15.2 Å². The van der Waals surface area contributed by atoms with Crippen LogP contribution < -0.4 is 10.1 Å². The lowest BCUT2D eigenvalue weighted by molar-refractivity contribution is 0.0697. The van der Waals surface area contributed by atoms with E-state index in [1.54, 1.807) is 18.2 Å². The average Bonchev–Trinajstić information content (AvgIpc) is 2.53. The van der Waals surface area contributed by atoms with Gasteiger partial charge in [0.15, 0.2) is 0 Å². The Morgan fingerprint density at radius 1 is 1.21 bits per heavy atom. The summed E-state index contributed by atoms with van der Waals surface area (Å²) in [6.45, 7) is 5.25. The molecule has 4 nitrogen and oxygen atoms in total. The van der Waals surface area contributed by atoms with Gasteiger partial charge in [0.25, 0.3) is 0 Å². The van der Waals surface area contributed by atoms with Crippen LogP contribution in [0.25, 0.3) is 0 Å². The molecule has 0 spiro atoms. The molecular weight excluding hydrogens is 438 g/mol. The zero-order valence-electron chi connectivity index (χ0n) is 13.5. The van der Waals surface area contributed by atoms with E-state index in [1.165, 1.54) is 0 Å². The fourth-order valence-corrected chi connectivity index (χ4v) is 3.71. The van der Waals surface area contributed by atoms with E-state index >= 15 is 0 Å². The van der Waals surface area contributed by atoms with E-state index < -0.39 is 5.97 Å². The van der Waals surface area contributed by atoms with Crippen molar-refractivity contribution in [1.82, 2.24) is 0 Å². The number of anilines is 1. The van der Waals surface area contributed by atoms with Gasteiger partial charge in [-0.2, -0.15) is 0 Å². The number of rotatable bonds is 7. The van der Waals surface area contributed by atoms with Crippen LogP contribution in [0.2, 0.25) is 0 Å². The van der Waals surface area contributed by atoms with Gasteiger partial charge in [-0.25, -0.2) is 4.79 Å². The molecular formula is C18H19Br2NO3. The molecule has 0 aliphatic rings. The summed E-state index contributed by atoms with van der Waals surface area (Å²) in [5.74, 6) is -0.134. The second-order valence-electron chi connectivity index (χ2n) is 5.43. The second kappa shape index (κ2) is 8.53. The smallest absolute Gasteiger partial charge is 0.335 e. The Bertz CT molecular complexity index is 724. The summed E-state index contributed by atoms with van der Waals surface area (Å²) in [5, 5.41) is 12.4. The van der Waals surface area contributed by atoms with Crippen molar-refractivity contribution in [1.29, 1.82) is 0 Å². The Morgan fingerprint density at radius 3 is 2.46 bits per heavy atom. The van der Waals surface area contributed by atoms with Gasteiger partial charge >= 0.3 is 5.97 Å². The third-order valence-electron chi connectivity index (χ3n) is 3.48. The predicted molar refractivity (Wildman–Crippen MR) is 103 cm³/mol. The molecule has 2 aromatic rings. The van der Waals surface area contributed by atoms with Crippen LogP contribution >= 0.6 is 31.9 Å². The third kappa shape index (κ3) is 4.74. The van der Waals surface area contributed by atoms with E-state index in [1.807, 2.05) is 19.1 Å². The standard InChI is InChI=1S/C18H19Br2NO3/c1-3-6-24-17-14(19)7-12(8-15(17)20)10-21-16-9-13(18(22)23)5-4-11(16)2/h4-5,7-9,21H,3,6,10H2,1-2H3,(H,22,23). The van der Waals surface area contributed by atoms with Gasteiger partial charge in [-0.05, 0) is 80.6 Å². The Morgan fingerprint density at radius 2 is 1.88 bits per heavy atom. The topological polar surface area (TPSA) is 58.6 Å². The van der Waals surface area contributed by atoms with Crippen LogP contribution in [0, 0.1) is 6.92 Å². The van der Waals surface area contributed by atoms with Crippen LogP contribution in [0.4, 0.5) is 5.69 Å². The number of carboxylic acids is 1. The monoisotopic (exact) mass is 455 g/mol. The molecule has 0 heterocycles. The fraction of sp³-hybridized carbons (Fsp3) is 0.278. The molecule has 0 unspecified atom stereocenters. The van der Waals surface area contributed by atoms with Crippen molar-refractivity contribution < 1.29 is 14.6 Å². The number of benzene rings is 2. The minimum Gasteiger partial charge on any atom is -0.491 e. The lowest BCUT2D eigenvalue weighted by Gasteiger charge is -2.14. The van der Waals surface area contributed by atoms with Crippen molar-refractivity contribution in [2.75, 3.05) is 11.9 Å². The highest BCUT2D eigenvalue weighted by Crippen LogP contribution is 2.35. The van der Waals surface area contributed by atoms with E-state index in [0.29, 0.717) is 13.2 Å². The summed E-state index contributed by atoms with van der Waals surface area (Å²) in [6, 6.07) is 9.06. The molecule has 6 heteroatoms. The molecule has 0 saturated heterocycles. The molecule has 0 saturated carbocycles. The number of aryl methyl sites for hydroxylation is 1. The highest BCUT2D eigenvalue weighted by Gasteiger charge is 2.10. The first-order valence-electron chi connectivity index (χ1n) is 7.61. The van der Waals surface area contributed by atoms with E-state index in [9.17, 15) is 4.79 Å². The number of halogens is 2. The maximum atomic E-state index is 11.1. The number of carbonyl (C=O) groups is 1. The second-order valence-corrected chi connectivity index (χ2v) is 7.13. The molecule has 2 N–H and O–H groups in total. The molecule has 128 valence electrons. The molecule has 0 bridgehead atoms. The zero-order valence-corrected chi connectivity index (χ0v) is 16.7. The molecule has 2 aromatic carbocycles. The lowest BCUT2D eigenvalue weighted by atomic mass is 10.1. The van der Waals surface area contributed by atoms with Crippen LogP contribution in [0.5, 0.6) is 5.75 Å². The highest BCUT2D eigenvalue weighted by molar-refractivity contribution is 9.11. The first-order chi connectivity index (χ1) is 11.4. The van der Waals surface area contributed by atoms with Gasteiger partial charge in [0, 0.05) is 12.2 Å². The van der Waals surface area contributed by atoms with E-state index in [-0.39, 0.29) is 5.56 Å². The molecule has 0 fully saturated rings. The summed E-state index contributed by atoms with van der Waals surface area (Å²) in [6.07, 6.45) is 0.946. The maximum Gasteiger partial charge on any atom is 0.335 e. The summed E-state index contributed by atoms with van der Waals surface area (Å²) < 4.78 is 7.49. The minimum atomic E-state index is -0.930. The maximum absolute atomic E-state index is 11.1. The highest BCUT2D eigenvalue weighted by atomic mass is 79.9. The summed E-state index contributed by atoms with van der Waals surface area (Å²) in [5.41, 5.74) is 3.14. The molecule has 0 aromatic heterocycles. The molecule has 0 radical (unpaired) electrons. The van der Waals surface area contributed by atoms with Crippen molar-refractivity contribution >= 4 is 43.5 Å². The quantitative estimate of drug-likeness (QED) is 0.567. The molecule has 24 heavy (non-hydrogen) atoms. The normalized spacial score (nSPS) is 10.5. The van der Waals surface area contributed by atoms with Gasteiger partial charge in [0.1, 0.15) is 5.75 Å². The van der Waals surface area contributed by atoms with Gasteiger partial charge in [-0.15, -0.1) is 0 Å². The van der Waals surface area contributed by atoms with Gasteiger partial charge in [-0.3, -0.25) is 0 Å². The molecule has 0 aliphatic carbocycles. The van der Waals surface area contributed by atoms with Crippen LogP contribution in [-0.2, 0) is 6.54 Å². The summed E-state index contributed by atoms with van der Waals surface area (Å²) in [7, 11) is 0. The number of aromatic carboxylic acids is 1. The SMILES string of the molecule is CCCOc1c(Br)cc(CNc2cc(C(=O)O)ccc2C)cc1Br. The predicted octanol–water partition coefficient (Wildman–Crippen LogP) is 5.62. The molecule has 0 aliphatic heterocycles. The van der Waals surface area contributed by atoms with Crippen molar-refractivity contribution in [3.05, 3.63) is 56.0 Å². The summed E-state index contributed by atoms with van der Waals surface area (Å²) in [4.78, 5) is 11.1. The molecule has 0 atom stereocenters. The van der Waals surface area contributed by atoms with E-state index in [4.69, 9.17) is 9.84 Å². The van der Waals surface area contributed by atoms with Crippen molar-refractivity contribution in [3.8, 4) is 5.75 Å². The minimum absolute atomic E-state index is 0.272. The first-order valence-corrected chi connectivity index (χ1v) is 9.19. The van der Waals surface area contributed by atoms with E-state index in [0.717, 1.165) is 37.9 Å². The zero-order chi connectivity index (χ0) is 17.7. The van der Waals surface area contributed by atoms with E-state index in [2.05, 4.69) is 44.1 Å². The van der Waals surface area contributed by atoms with Crippen LogP contribution in [0.3, 0.4) is 0 Å². The Kier molecular flexibility index (Phi) is 6.69. The average molecular weight is 457 g/mol. The fourth-order valence-electron chi connectivity index (χ4n) is 2.20. The first kappa shape index (κ1) is 18.8. The van der Waals surface area contributed by atoms with Crippen molar-refractivity contribution in [3.63, 3.8) is 0 Å². The summed E-state index contributed by atoms with van der Waals surface area (Å²) >= 11 is 7.08.